The van der Waals surface area contributed by atoms with Gasteiger partial charge >= 0.3 is 0 Å². The fourth-order valence-corrected chi connectivity index (χ4v) is 5.76. The maximum Gasteiger partial charge on any atom is 0.153 e. The number of rotatable bonds is 3. The molecule has 8 aromatic rings. The van der Waals surface area contributed by atoms with Crippen LogP contribution in [0.2, 0.25) is 0 Å². The molecule has 178 valence electrons. The van der Waals surface area contributed by atoms with Crippen LogP contribution in [0.5, 0.6) is 0 Å². The van der Waals surface area contributed by atoms with Crippen molar-refractivity contribution in [2.24, 2.45) is 0 Å². The summed E-state index contributed by atoms with van der Waals surface area (Å²) in [4.78, 5) is 5.11. The Morgan fingerprint density at radius 3 is 1.79 bits per heavy atom. The quantitative estimate of drug-likeness (QED) is 0.249. The maximum absolute atomic E-state index is 6.04. The van der Waals surface area contributed by atoms with Crippen molar-refractivity contribution in [3.63, 3.8) is 0 Å². The molecule has 38 heavy (non-hydrogen) atoms. The van der Waals surface area contributed by atoms with E-state index in [0.29, 0.717) is 0 Å². The molecule has 0 unspecified atom stereocenters. The van der Waals surface area contributed by atoms with Crippen molar-refractivity contribution in [2.45, 2.75) is 0 Å². The Labute approximate surface area is 219 Å². The van der Waals surface area contributed by atoms with Crippen LogP contribution in [-0.4, -0.2) is 9.55 Å². The van der Waals surface area contributed by atoms with E-state index in [4.69, 9.17) is 9.40 Å². The molecule has 8 rings (SSSR count). The van der Waals surface area contributed by atoms with Gasteiger partial charge in [0.2, 0.25) is 0 Å². The van der Waals surface area contributed by atoms with E-state index in [2.05, 4.69) is 114 Å². The minimum atomic E-state index is 0.804. The highest BCUT2D eigenvalue weighted by Crippen LogP contribution is 2.39. The number of fused-ring (bicyclic) bond motifs is 6. The standard InChI is InChI=1S/C35H22N2O/c1-2-12-24(29-21-22-34-35(36-29)28-16-6-10-20-33(28)38-34)23(11-1)25-13-3-7-17-30(25)37-31-18-8-4-14-26(31)27-15-5-9-19-32(27)37/h1-22H. The first-order valence-electron chi connectivity index (χ1n) is 12.8. The Morgan fingerprint density at radius 2 is 1.03 bits per heavy atom. The van der Waals surface area contributed by atoms with Gasteiger partial charge < -0.3 is 8.98 Å². The molecule has 0 radical (unpaired) electrons. The molecule has 5 aromatic carbocycles. The Hall–Kier alpha value is -5.15. The van der Waals surface area contributed by atoms with E-state index < -0.39 is 0 Å². The van der Waals surface area contributed by atoms with E-state index in [0.717, 1.165) is 50.1 Å². The van der Waals surface area contributed by atoms with Gasteiger partial charge in [0.05, 0.1) is 22.4 Å². The number of hydrogen-bond acceptors (Lipinski definition) is 2. The Morgan fingerprint density at radius 1 is 0.447 bits per heavy atom. The molecule has 0 atom stereocenters. The number of furan rings is 1. The molecule has 0 N–H and O–H groups in total. The molecule has 0 bridgehead atoms. The molecule has 3 aromatic heterocycles. The van der Waals surface area contributed by atoms with Gasteiger partial charge in [0.15, 0.2) is 5.58 Å². The molecule has 0 saturated carbocycles. The molecule has 0 aliphatic carbocycles. The van der Waals surface area contributed by atoms with Gasteiger partial charge in [-0.25, -0.2) is 4.98 Å². The van der Waals surface area contributed by atoms with Crippen LogP contribution in [0, 0.1) is 0 Å². The summed E-state index contributed by atoms with van der Waals surface area (Å²) in [5.74, 6) is 0. The van der Waals surface area contributed by atoms with E-state index in [1.165, 1.54) is 21.8 Å². The third-order valence-corrected chi connectivity index (χ3v) is 7.44. The molecule has 0 fully saturated rings. The zero-order chi connectivity index (χ0) is 25.1. The molecule has 3 heteroatoms. The van der Waals surface area contributed by atoms with E-state index in [1.807, 2.05) is 24.3 Å². The molecule has 0 spiro atoms. The summed E-state index contributed by atoms with van der Waals surface area (Å²) in [6.45, 7) is 0. The highest BCUT2D eigenvalue weighted by Gasteiger charge is 2.18. The zero-order valence-electron chi connectivity index (χ0n) is 20.5. The summed E-state index contributed by atoms with van der Waals surface area (Å²) < 4.78 is 8.43. The van der Waals surface area contributed by atoms with Crippen LogP contribution in [0.1, 0.15) is 0 Å². The second-order valence-corrected chi connectivity index (χ2v) is 9.57. The fraction of sp³-hybridized carbons (Fsp3) is 0. The summed E-state index contributed by atoms with van der Waals surface area (Å²) in [5.41, 5.74) is 10.4. The van der Waals surface area contributed by atoms with Crippen LogP contribution in [0.15, 0.2) is 138 Å². The topological polar surface area (TPSA) is 31.0 Å². The van der Waals surface area contributed by atoms with Crippen molar-refractivity contribution < 1.29 is 4.42 Å². The summed E-state index contributed by atoms with van der Waals surface area (Å²) >= 11 is 0. The van der Waals surface area contributed by atoms with Crippen molar-refractivity contribution in [2.75, 3.05) is 0 Å². The molecular formula is C35H22N2O. The summed E-state index contributed by atoms with van der Waals surface area (Å²) in [6, 6.07) is 46.7. The van der Waals surface area contributed by atoms with Crippen LogP contribution in [0.25, 0.3) is 71.9 Å². The summed E-state index contributed by atoms with van der Waals surface area (Å²) in [5, 5.41) is 3.54. The monoisotopic (exact) mass is 486 g/mol. The summed E-state index contributed by atoms with van der Waals surface area (Å²) in [7, 11) is 0. The van der Waals surface area contributed by atoms with Gasteiger partial charge in [-0.1, -0.05) is 91.0 Å². The lowest BCUT2D eigenvalue weighted by Gasteiger charge is -2.16. The lowest BCUT2D eigenvalue weighted by molar-refractivity contribution is 0.668. The molecule has 0 amide bonds. The molecule has 0 aliphatic rings. The zero-order valence-corrected chi connectivity index (χ0v) is 20.5. The smallest absolute Gasteiger partial charge is 0.153 e. The van der Waals surface area contributed by atoms with Crippen LogP contribution in [0.4, 0.5) is 0 Å². The van der Waals surface area contributed by atoms with Crippen LogP contribution >= 0.6 is 0 Å². The van der Waals surface area contributed by atoms with E-state index >= 15 is 0 Å². The van der Waals surface area contributed by atoms with Gasteiger partial charge in [0.1, 0.15) is 11.1 Å². The van der Waals surface area contributed by atoms with Crippen LogP contribution in [-0.2, 0) is 0 Å². The Bertz CT molecular complexity index is 2090. The third kappa shape index (κ3) is 3.06. The predicted octanol–water partition coefficient (Wildman–Crippen LogP) is 9.41. The predicted molar refractivity (Wildman–Crippen MR) is 157 cm³/mol. The van der Waals surface area contributed by atoms with Gasteiger partial charge in [0.25, 0.3) is 0 Å². The normalized spacial score (nSPS) is 11.7. The van der Waals surface area contributed by atoms with E-state index in [9.17, 15) is 0 Å². The molecule has 0 saturated heterocycles. The van der Waals surface area contributed by atoms with Gasteiger partial charge in [-0.3, -0.25) is 0 Å². The van der Waals surface area contributed by atoms with Crippen molar-refractivity contribution in [1.29, 1.82) is 0 Å². The third-order valence-electron chi connectivity index (χ3n) is 7.44. The number of hydrogen-bond donors (Lipinski definition) is 0. The lowest BCUT2D eigenvalue weighted by Crippen LogP contribution is -1.98. The minimum absolute atomic E-state index is 0.804. The van der Waals surface area contributed by atoms with Crippen molar-refractivity contribution >= 4 is 43.9 Å². The summed E-state index contributed by atoms with van der Waals surface area (Å²) in [6.07, 6.45) is 0. The second kappa shape index (κ2) is 8.19. The van der Waals surface area contributed by atoms with Crippen molar-refractivity contribution in [3.8, 4) is 28.1 Å². The van der Waals surface area contributed by atoms with Crippen LogP contribution < -0.4 is 0 Å². The highest BCUT2D eigenvalue weighted by molar-refractivity contribution is 6.10. The minimum Gasteiger partial charge on any atom is -0.454 e. The highest BCUT2D eigenvalue weighted by atomic mass is 16.3. The van der Waals surface area contributed by atoms with Gasteiger partial charge in [-0.05, 0) is 48.0 Å². The first-order chi connectivity index (χ1) is 18.9. The van der Waals surface area contributed by atoms with Crippen molar-refractivity contribution in [3.05, 3.63) is 133 Å². The average Bonchev–Trinajstić information content (AvgIpc) is 3.53. The van der Waals surface area contributed by atoms with Gasteiger partial charge in [-0.2, -0.15) is 0 Å². The molecular weight excluding hydrogens is 464 g/mol. The molecule has 3 heterocycles. The molecule has 0 aliphatic heterocycles. The fourth-order valence-electron chi connectivity index (χ4n) is 5.76. The number of aromatic nitrogens is 2. The van der Waals surface area contributed by atoms with E-state index in [1.54, 1.807) is 0 Å². The first kappa shape index (κ1) is 21.0. The second-order valence-electron chi connectivity index (χ2n) is 9.57. The Kier molecular flexibility index (Phi) is 4.52. The lowest BCUT2D eigenvalue weighted by atomic mass is 9.95. The van der Waals surface area contributed by atoms with Crippen molar-refractivity contribution in [1.82, 2.24) is 9.55 Å². The average molecular weight is 487 g/mol. The maximum atomic E-state index is 6.04. The van der Waals surface area contributed by atoms with E-state index in [-0.39, 0.29) is 0 Å². The number of para-hydroxylation sites is 4. The number of nitrogens with zero attached hydrogens (tertiary/aromatic N) is 2. The number of benzene rings is 5. The Balaban J connectivity index is 1.39. The molecule has 3 nitrogen and oxygen atoms in total. The van der Waals surface area contributed by atoms with Gasteiger partial charge in [0, 0.05) is 27.3 Å². The SMILES string of the molecule is c1ccc(-c2ccccc2-n2c3ccccc3c3ccccc32)c(-c2ccc3oc4ccccc4c3n2)c1. The first-order valence-corrected chi connectivity index (χ1v) is 12.8. The largest absolute Gasteiger partial charge is 0.454 e. The van der Waals surface area contributed by atoms with Gasteiger partial charge in [-0.15, -0.1) is 0 Å². The number of pyridine rings is 1. The van der Waals surface area contributed by atoms with Crippen LogP contribution in [0.3, 0.4) is 0 Å².